The van der Waals surface area contributed by atoms with E-state index in [-0.39, 0.29) is 23.3 Å². The van der Waals surface area contributed by atoms with E-state index in [1.807, 2.05) is 6.92 Å². The molecular weight excluding hydrogens is 239 g/mol. The molecule has 5 nitrogen and oxygen atoms in total. The Labute approximate surface area is 103 Å². The van der Waals surface area contributed by atoms with Crippen molar-refractivity contribution >= 4 is 0 Å². The number of nitrogens with zero attached hydrogens (tertiary/aromatic N) is 2. The molecule has 0 amide bonds. The van der Waals surface area contributed by atoms with E-state index < -0.39 is 5.82 Å². The molecule has 0 aliphatic rings. The van der Waals surface area contributed by atoms with Crippen molar-refractivity contribution in [3.8, 4) is 17.2 Å². The second-order valence-electron chi connectivity index (χ2n) is 3.72. The van der Waals surface area contributed by atoms with Crippen LogP contribution in [0.3, 0.4) is 0 Å². The molecular formula is C12H13FN2O3. The number of halogens is 1. The minimum absolute atomic E-state index is 0.0639. The summed E-state index contributed by atoms with van der Waals surface area (Å²) in [7, 11) is 0. The maximum atomic E-state index is 13.6. The van der Waals surface area contributed by atoms with E-state index in [2.05, 4.69) is 10.1 Å². The molecule has 0 radical (unpaired) electrons. The van der Waals surface area contributed by atoms with Crippen LogP contribution in [-0.4, -0.2) is 21.9 Å². The molecule has 6 heteroatoms. The molecule has 0 saturated carbocycles. The van der Waals surface area contributed by atoms with Crippen molar-refractivity contribution in [2.45, 2.75) is 20.0 Å². The molecule has 2 rings (SSSR count). The molecule has 18 heavy (non-hydrogen) atoms. The minimum atomic E-state index is -0.616. The first-order chi connectivity index (χ1) is 8.61. The van der Waals surface area contributed by atoms with E-state index in [0.717, 1.165) is 6.07 Å². The van der Waals surface area contributed by atoms with Gasteiger partial charge in [-0.25, -0.2) is 4.39 Å². The number of phenolic OH excluding ortho intramolecular Hbond substituents is 1. The van der Waals surface area contributed by atoms with Crippen LogP contribution in [0, 0.1) is 5.82 Å². The zero-order valence-electron chi connectivity index (χ0n) is 10.1. The zero-order valence-corrected chi connectivity index (χ0v) is 10.1. The highest BCUT2D eigenvalue weighted by atomic mass is 19.1. The topological polar surface area (TPSA) is 68.4 Å². The quantitative estimate of drug-likeness (QED) is 0.906. The van der Waals surface area contributed by atoms with Gasteiger partial charge in [0.2, 0.25) is 5.82 Å². The van der Waals surface area contributed by atoms with Crippen LogP contribution in [0.15, 0.2) is 22.7 Å². The number of ether oxygens (including phenoxy) is 1. The second kappa shape index (κ2) is 5.14. The maximum Gasteiger partial charge on any atom is 0.260 e. The lowest BCUT2D eigenvalue weighted by Gasteiger charge is -2.04. The van der Waals surface area contributed by atoms with Crippen LogP contribution >= 0.6 is 0 Å². The largest absolute Gasteiger partial charge is 0.508 e. The summed E-state index contributed by atoms with van der Waals surface area (Å²) in [4.78, 5) is 4.07. The van der Waals surface area contributed by atoms with Crippen LogP contribution in [0.2, 0.25) is 0 Å². The van der Waals surface area contributed by atoms with Crippen LogP contribution in [-0.2, 0) is 4.74 Å². The first kappa shape index (κ1) is 12.5. The molecule has 1 N–H and O–H groups in total. The van der Waals surface area contributed by atoms with E-state index in [1.54, 1.807) is 6.92 Å². The van der Waals surface area contributed by atoms with Gasteiger partial charge in [0, 0.05) is 12.7 Å². The molecule has 1 atom stereocenters. The van der Waals surface area contributed by atoms with Crippen LogP contribution < -0.4 is 0 Å². The SMILES string of the molecule is CCOC(C)c1noc(-c2ccc(O)cc2F)n1. The zero-order chi connectivity index (χ0) is 13.1. The average Bonchev–Trinajstić information content (AvgIpc) is 2.78. The normalized spacial score (nSPS) is 12.6. The first-order valence-corrected chi connectivity index (χ1v) is 5.56. The van der Waals surface area contributed by atoms with Crippen molar-refractivity contribution < 1.29 is 18.8 Å². The molecule has 1 aromatic heterocycles. The Hall–Kier alpha value is -1.95. The molecule has 0 bridgehead atoms. The van der Waals surface area contributed by atoms with E-state index in [9.17, 15) is 4.39 Å². The molecule has 96 valence electrons. The summed E-state index contributed by atoms with van der Waals surface area (Å²) in [6.45, 7) is 4.17. The van der Waals surface area contributed by atoms with Gasteiger partial charge in [-0.05, 0) is 26.0 Å². The summed E-state index contributed by atoms with van der Waals surface area (Å²) >= 11 is 0. The van der Waals surface area contributed by atoms with Gasteiger partial charge >= 0.3 is 0 Å². The summed E-state index contributed by atoms with van der Waals surface area (Å²) in [5, 5.41) is 12.9. The highest BCUT2D eigenvalue weighted by Gasteiger charge is 2.17. The summed E-state index contributed by atoms with van der Waals surface area (Å²) < 4.78 is 23.9. The van der Waals surface area contributed by atoms with Gasteiger partial charge in [0.15, 0.2) is 0 Å². The molecule has 0 fully saturated rings. The fraction of sp³-hybridized carbons (Fsp3) is 0.333. The third-order valence-corrected chi connectivity index (χ3v) is 2.41. The van der Waals surface area contributed by atoms with E-state index >= 15 is 0 Å². The minimum Gasteiger partial charge on any atom is -0.508 e. The van der Waals surface area contributed by atoms with Gasteiger partial charge in [-0.3, -0.25) is 0 Å². The van der Waals surface area contributed by atoms with Crippen molar-refractivity contribution in [2.24, 2.45) is 0 Å². The van der Waals surface area contributed by atoms with Gasteiger partial charge < -0.3 is 14.4 Å². The average molecular weight is 252 g/mol. The Morgan fingerprint density at radius 1 is 1.50 bits per heavy atom. The number of benzene rings is 1. The highest BCUT2D eigenvalue weighted by molar-refractivity contribution is 5.55. The number of aromatic nitrogens is 2. The standard InChI is InChI=1S/C12H13FN2O3/c1-3-17-7(2)11-14-12(18-15-11)9-5-4-8(16)6-10(9)13/h4-7,16H,3H2,1-2H3. The molecule has 1 heterocycles. The fourth-order valence-corrected chi connectivity index (χ4v) is 1.51. The Kier molecular flexibility index (Phi) is 3.57. The van der Waals surface area contributed by atoms with E-state index in [0.29, 0.717) is 12.4 Å². The van der Waals surface area contributed by atoms with Gasteiger partial charge in [-0.1, -0.05) is 5.16 Å². The number of hydrogen-bond donors (Lipinski definition) is 1. The van der Waals surface area contributed by atoms with Crippen molar-refractivity contribution in [1.29, 1.82) is 0 Å². The highest BCUT2D eigenvalue weighted by Crippen LogP contribution is 2.25. The maximum absolute atomic E-state index is 13.6. The van der Waals surface area contributed by atoms with Crippen LogP contribution in [0.4, 0.5) is 4.39 Å². The van der Waals surface area contributed by atoms with Gasteiger partial charge in [-0.2, -0.15) is 4.98 Å². The number of hydrogen-bond acceptors (Lipinski definition) is 5. The molecule has 0 aliphatic heterocycles. The predicted molar refractivity (Wildman–Crippen MR) is 61.4 cm³/mol. The Balaban J connectivity index is 2.29. The summed E-state index contributed by atoms with van der Waals surface area (Å²) in [5.41, 5.74) is 0.148. The van der Waals surface area contributed by atoms with E-state index in [4.69, 9.17) is 14.4 Å². The van der Waals surface area contributed by atoms with Gasteiger partial charge in [0.25, 0.3) is 5.89 Å². The van der Waals surface area contributed by atoms with E-state index in [1.165, 1.54) is 12.1 Å². The van der Waals surface area contributed by atoms with Gasteiger partial charge in [-0.15, -0.1) is 0 Å². The van der Waals surface area contributed by atoms with Crippen molar-refractivity contribution in [1.82, 2.24) is 10.1 Å². The Morgan fingerprint density at radius 2 is 2.28 bits per heavy atom. The molecule has 1 aromatic carbocycles. The monoisotopic (exact) mass is 252 g/mol. The molecule has 0 spiro atoms. The lowest BCUT2D eigenvalue weighted by molar-refractivity contribution is 0.0683. The van der Waals surface area contributed by atoms with Crippen LogP contribution in [0.25, 0.3) is 11.5 Å². The molecule has 2 aromatic rings. The van der Waals surface area contributed by atoms with Gasteiger partial charge in [0.05, 0.1) is 5.56 Å². The Morgan fingerprint density at radius 3 is 2.94 bits per heavy atom. The summed E-state index contributed by atoms with van der Waals surface area (Å²) in [6.07, 6.45) is -0.312. The fourth-order valence-electron chi connectivity index (χ4n) is 1.51. The Bertz CT molecular complexity index is 542. The van der Waals surface area contributed by atoms with Crippen molar-refractivity contribution in [3.05, 3.63) is 29.8 Å². The second-order valence-corrected chi connectivity index (χ2v) is 3.72. The number of rotatable bonds is 4. The van der Waals surface area contributed by atoms with Gasteiger partial charge in [0.1, 0.15) is 17.7 Å². The first-order valence-electron chi connectivity index (χ1n) is 5.56. The van der Waals surface area contributed by atoms with Crippen molar-refractivity contribution in [2.75, 3.05) is 6.61 Å². The third kappa shape index (κ3) is 2.48. The number of phenols is 1. The lowest BCUT2D eigenvalue weighted by atomic mass is 10.2. The van der Waals surface area contributed by atoms with Crippen LogP contribution in [0.5, 0.6) is 5.75 Å². The number of aromatic hydroxyl groups is 1. The molecule has 0 saturated heterocycles. The third-order valence-electron chi connectivity index (χ3n) is 2.41. The van der Waals surface area contributed by atoms with Crippen LogP contribution in [0.1, 0.15) is 25.8 Å². The lowest BCUT2D eigenvalue weighted by Crippen LogP contribution is -2.01. The summed E-state index contributed by atoms with van der Waals surface area (Å²) in [5.74, 6) is -0.346. The van der Waals surface area contributed by atoms with Crippen molar-refractivity contribution in [3.63, 3.8) is 0 Å². The summed E-state index contributed by atoms with van der Waals surface area (Å²) in [6, 6.07) is 3.73. The molecule has 1 unspecified atom stereocenters. The smallest absolute Gasteiger partial charge is 0.260 e. The molecule has 0 aliphatic carbocycles. The predicted octanol–water partition coefficient (Wildman–Crippen LogP) is 2.68.